The van der Waals surface area contributed by atoms with Crippen LogP contribution in [0.4, 0.5) is 23.7 Å². The highest BCUT2D eigenvalue weighted by Crippen LogP contribution is 2.32. The molecule has 0 atom stereocenters. The van der Waals surface area contributed by atoms with Gasteiger partial charge in [0.05, 0.1) is 11.3 Å². The molecule has 2 aromatic carbocycles. The number of pyridine rings is 1. The Labute approximate surface area is 173 Å². The Morgan fingerprint density at radius 3 is 2.17 bits per heavy atom. The van der Waals surface area contributed by atoms with E-state index < -0.39 is 34.6 Å². The van der Waals surface area contributed by atoms with Gasteiger partial charge < -0.3 is 4.84 Å². The van der Waals surface area contributed by atoms with Crippen molar-refractivity contribution < 1.29 is 27.6 Å². The Morgan fingerprint density at radius 2 is 1.60 bits per heavy atom. The summed E-state index contributed by atoms with van der Waals surface area (Å²) in [6, 6.07) is 15.7. The van der Waals surface area contributed by atoms with Gasteiger partial charge in [-0.25, -0.2) is 14.7 Å². The first-order valence-electron chi connectivity index (χ1n) is 8.41. The van der Waals surface area contributed by atoms with Crippen LogP contribution >= 0.6 is 11.6 Å². The molecule has 1 heterocycles. The number of hydrogen-bond donors (Lipinski definition) is 1. The molecule has 0 saturated carbocycles. The van der Waals surface area contributed by atoms with Crippen molar-refractivity contribution in [1.82, 2.24) is 10.5 Å². The van der Waals surface area contributed by atoms with Crippen molar-refractivity contribution >= 4 is 29.2 Å². The SMILES string of the molecule is O=C(NOc1ncc(C(F)(F)F)cc1Cl)N(C(=O)c1ccccc1)c1ccccc1. The van der Waals surface area contributed by atoms with E-state index in [1.54, 1.807) is 36.4 Å². The number of hydroxylamine groups is 1. The van der Waals surface area contributed by atoms with Crippen LogP contribution in [-0.4, -0.2) is 16.9 Å². The molecule has 0 unspecified atom stereocenters. The topological polar surface area (TPSA) is 71.5 Å². The lowest BCUT2D eigenvalue weighted by Crippen LogP contribution is -2.45. The molecule has 0 saturated heterocycles. The molecule has 6 nitrogen and oxygen atoms in total. The predicted octanol–water partition coefficient (Wildman–Crippen LogP) is 5.10. The molecular weight excluding hydrogens is 423 g/mol. The number of nitrogens with zero attached hydrogens (tertiary/aromatic N) is 2. The molecule has 0 aliphatic carbocycles. The standard InChI is InChI=1S/C20H13ClF3N3O3/c21-16-11-14(20(22,23)24)12-25-17(16)30-26-19(29)27(15-9-5-2-6-10-15)18(28)13-7-3-1-4-8-13/h1-12H,(H,26,29). The Bertz CT molecular complexity index is 1050. The molecule has 0 aliphatic rings. The first-order chi connectivity index (χ1) is 14.3. The zero-order valence-corrected chi connectivity index (χ0v) is 15.8. The maximum Gasteiger partial charge on any atom is 0.417 e. The van der Waals surface area contributed by atoms with Crippen molar-refractivity contribution in [2.24, 2.45) is 0 Å². The number of nitrogens with one attached hydrogen (secondary N) is 1. The molecular formula is C20H13ClF3N3O3. The number of alkyl halides is 3. The number of imide groups is 1. The average molecular weight is 436 g/mol. The van der Waals surface area contributed by atoms with Gasteiger partial charge in [0.2, 0.25) is 0 Å². The second-order valence-electron chi connectivity index (χ2n) is 5.86. The third-order valence-electron chi connectivity index (χ3n) is 3.81. The molecule has 3 rings (SSSR count). The minimum Gasteiger partial charge on any atom is -0.356 e. The average Bonchev–Trinajstić information content (AvgIpc) is 2.73. The minimum atomic E-state index is -4.63. The number of halogens is 4. The van der Waals surface area contributed by atoms with E-state index in [-0.39, 0.29) is 11.3 Å². The van der Waals surface area contributed by atoms with Crippen LogP contribution in [0.1, 0.15) is 15.9 Å². The fourth-order valence-corrected chi connectivity index (χ4v) is 2.61. The normalized spacial score (nSPS) is 10.9. The van der Waals surface area contributed by atoms with Crippen molar-refractivity contribution in [2.45, 2.75) is 6.18 Å². The number of urea groups is 1. The number of anilines is 1. The van der Waals surface area contributed by atoms with Crippen LogP contribution in [0.5, 0.6) is 5.88 Å². The van der Waals surface area contributed by atoms with Crippen LogP contribution in [-0.2, 0) is 6.18 Å². The van der Waals surface area contributed by atoms with Crippen molar-refractivity contribution in [2.75, 3.05) is 4.90 Å². The highest BCUT2D eigenvalue weighted by Gasteiger charge is 2.32. The second-order valence-corrected chi connectivity index (χ2v) is 6.27. The summed E-state index contributed by atoms with van der Waals surface area (Å²) in [5.41, 5.74) is 1.40. The molecule has 3 amide bonds. The highest BCUT2D eigenvalue weighted by molar-refractivity contribution is 6.31. The van der Waals surface area contributed by atoms with E-state index in [2.05, 4.69) is 4.98 Å². The molecule has 1 N–H and O–H groups in total. The summed E-state index contributed by atoms with van der Waals surface area (Å²) in [5, 5.41) is -0.467. The van der Waals surface area contributed by atoms with Crippen LogP contribution in [0.2, 0.25) is 5.02 Å². The number of rotatable bonds is 4. The lowest BCUT2D eigenvalue weighted by Gasteiger charge is -2.21. The van der Waals surface area contributed by atoms with Crippen molar-refractivity contribution in [3.63, 3.8) is 0 Å². The molecule has 30 heavy (non-hydrogen) atoms. The van der Waals surface area contributed by atoms with Crippen LogP contribution < -0.4 is 15.2 Å². The van der Waals surface area contributed by atoms with Gasteiger partial charge in [0, 0.05) is 11.8 Å². The second kappa shape index (κ2) is 8.83. The van der Waals surface area contributed by atoms with Gasteiger partial charge in [-0.15, -0.1) is 0 Å². The van der Waals surface area contributed by atoms with Gasteiger partial charge in [0.1, 0.15) is 5.02 Å². The maximum absolute atomic E-state index is 12.9. The van der Waals surface area contributed by atoms with Crippen LogP contribution in [0.15, 0.2) is 72.9 Å². The first-order valence-corrected chi connectivity index (χ1v) is 8.79. The predicted molar refractivity (Wildman–Crippen MR) is 103 cm³/mol. The van der Waals surface area contributed by atoms with E-state index in [0.29, 0.717) is 12.3 Å². The highest BCUT2D eigenvalue weighted by atomic mass is 35.5. The molecule has 0 spiro atoms. The zero-order valence-electron chi connectivity index (χ0n) is 15.1. The summed E-state index contributed by atoms with van der Waals surface area (Å²) in [7, 11) is 0. The Balaban J connectivity index is 1.82. The summed E-state index contributed by atoms with van der Waals surface area (Å²) in [5.74, 6) is -1.10. The summed E-state index contributed by atoms with van der Waals surface area (Å²) in [6.45, 7) is 0. The fraction of sp³-hybridized carbons (Fsp3) is 0.0500. The van der Waals surface area contributed by atoms with Crippen molar-refractivity contribution in [3.05, 3.63) is 89.1 Å². The number of hydrogen-bond acceptors (Lipinski definition) is 4. The molecule has 0 bridgehead atoms. The molecule has 1 aromatic heterocycles. The largest absolute Gasteiger partial charge is 0.417 e. The maximum atomic E-state index is 12.9. The van der Waals surface area contributed by atoms with Crippen molar-refractivity contribution in [3.8, 4) is 5.88 Å². The molecule has 0 fully saturated rings. The fourth-order valence-electron chi connectivity index (χ4n) is 2.41. The molecule has 154 valence electrons. The van der Waals surface area contributed by atoms with E-state index >= 15 is 0 Å². The number of carbonyl (C=O) groups is 2. The molecule has 3 aromatic rings. The van der Waals surface area contributed by atoms with Gasteiger partial charge >= 0.3 is 12.2 Å². The molecule has 0 radical (unpaired) electrons. The Kier molecular flexibility index (Phi) is 6.22. The van der Waals surface area contributed by atoms with Crippen molar-refractivity contribution in [1.29, 1.82) is 0 Å². The molecule has 0 aliphatic heterocycles. The number of para-hydroxylation sites is 1. The number of aromatic nitrogens is 1. The van der Waals surface area contributed by atoms with Crippen LogP contribution in [0, 0.1) is 0 Å². The van der Waals surface area contributed by atoms with E-state index in [9.17, 15) is 22.8 Å². The van der Waals surface area contributed by atoms with E-state index in [1.807, 2.05) is 5.48 Å². The van der Waals surface area contributed by atoms with Gasteiger partial charge in [-0.2, -0.15) is 18.7 Å². The van der Waals surface area contributed by atoms with E-state index in [0.717, 1.165) is 4.90 Å². The van der Waals surface area contributed by atoms with Gasteiger partial charge in [-0.3, -0.25) is 4.79 Å². The van der Waals surface area contributed by atoms with Gasteiger partial charge in [-0.05, 0) is 30.3 Å². The Hall–Kier alpha value is -3.59. The lowest BCUT2D eigenvalue weighted by molar-refractivity contribution is -0.137. The Morgan fingerprint density at radius 1 is 1.00 bits per heavy atom. The summed E-state index contributed by atoms with van der Waals surface area (Å²) in [4.78, 5) is 34.8. The third kappa shape index (κ3) is 4.87. The minimum absolute atomic E-state index is 0.238. The molecule has 10 heteroatoms. The third-order valence-corrected chi connectivity index (χ3v) is 4.08. The number of carbonyl (C=O) groups excluding carboxylic acids is 2. The smallest absolute Gasteiger partial charge is 0.356 e. The zero-order chi connectivity index (χ0) is 21.7. The quantitative estimate of drug-likeness (QED) is 0.578. The van der Waals surface area contributed by atoms with Gasteiger partial charge in [0.15, 0.2) is 0 Å². The number of benzene rings is 2. The van der Waals surface area contributed by atoms with Gasteiger partial charge in [0.25, 0.3) is 11.8 Å². The van der Waals surface area contributed by atoms with E-state index in [1.165, 1.54) is 24.3 Å². The van der Waals surface area contributed by atoms with Crippen LogP contribution in [0.3, 0.4) is 0 Å². The summed E-state index contributed by atoms with van der Waals surface area (Å²) < 4.78 is 38.1. The monoisotopic (exact) mass is 435 g/mol. The summed E-state index contributed by atoms with van der Waals surface area (Å²) >= 11 is 5.75. The van der Waals surface area contributed by atoms with Gasteiger partial charge in [-0.1, -0.05) is 48.0 Å². The first kappa shape index (κ1) is 21.1. The lowest BCUT2D eigenvalue weighted by atomic mass is 10.2. The summed E-state index contributed by atoms with van der Waals surface area (Å²) in [6.07, 6.45) is -4.12. The van der Waals surface area contributed by atoms with Crippen LogP contribution in [0.25, 0.3) is 0 Å². The van der Waals surface area contributed by atoms with E-state index in [4.69, 9.17) is 16.4 Å². The number of amides is 3.